The van der Waals surface area contributed by atoms with Gasteiger partial charge in [-0.15, -0.1) is 0 Å². The summed E-state index contributed by atoms with van der Waals surface area (Å²) < 4.78 is 19.8. The van der Waals surface area contributed by atoms with E-state index in [1.807, 2.05) is 0 Å². The zero-order chi connectivity index (χ0) is 11.7. The van der Waals surface area contributed by atoms with Crippen molar-refractivity contribution in [1.82, 2.24) is 0 Å². The molecule has 2 nitrogen and oxygen atoms in total. The molecule has 2 unspecified atom stereocenters. The summed E-state index contributed by atoms with van der Waals surface area (Å²) in [6, 6.07) is 2.89. The molecule has 88 valence electrons. The molecule has 5 heteroatoms. The molecule has 1 aliphatic rings. The van der Waals surface area contributed by atoms with Gasteiger partial charge in [-0.3, -0.25) is 0 Å². The highest BCUT2D eigenvalue weighted by Gasteiger charge is 2.26. The van der Waals surface area contributed by atoms with Crippen molar-refractivity contribution in [3.8, 4) is 0 Å². The lowest BCUT2D eigenvalue weighted by atomic mass is 9.99. The van der Waals surface area contributed by atoms with Crippen LogP contribution in [0.15, 0.2) is 16.6 Å². The van der Waals surface area contributed by atoms with Crippen molar-refractivity contribution in [2.45, 2.75) is 25.0 Å². The Kier molecular flexibility index (Phi) is 3.85. The summed E-state index contributed by atoms with van der Waals surface area (Å²) in [4.78, 5) is 0. The van der Waals surface area contributed by atoms with E-state index in [0.29, 0.717) is 34.5 Å². The molecule has 0 spiro atoms. The normalized spacial score (nSPS) is 25.8. The first-order valence-electron chi connectivity index (χ1n) is 5.02. The van der Waals surface area contributed by atoms with Gasteiger partial charge in [-0.1, -0.05) is 27.5 Å². The van der Waals surface area contributed by atoms with Gasteiger partial charge in [-0.25, -0.2) is 4.39 Å². The number of hydrogen-bond donors (Lipinski definition) is 1. The number of rotatable bonds is 1. The lowest BCUT2D eigenvalue weighted by Gasteiger charge is -2.27. The number of benzene rings is 1. The lowest BCUT2D eigenvalue weighted by Crippen LogP contribution is -2.24. The second kappa shape index (κ2) is 5.00. The Balaban J connectivity index is 2.32. The van der Waals surface area contributed by atoms with Gasteiger partial charge in [-0.05, 0) is 18.6 Å². The molecule has 0 aliphatic carbocycles. The van der Waals surface area contributed by atoms with Crippen LogP contribution >= 0.6 is 27.5 Å². The average Bonchev–Trinajstić information content (AvgIpc) is 2.15. The topological polar surface area (TPSA) is 29.5 Å². The predicted molar refractivity (Wildman–Crippen MR) is 63.0 cm³/mol. The van der Waals surface area contributed by atoms with Crippen molar-refractivity contribution in [3.05, 3.63) is 33.0 Å². The van der Waals surface area contributed by atoms with Crippen LogP contribution in [0.4, 0.5) is 4.39 Å². The summed E-state index contributed by atoms with van der Waals surface area (Å²) in [6.45, 7) is 0.445. The molecular formula is C11H11BrClFO2. The van der Waals surface area contributed by atoms with Crippen LogP contribution in [0.5, 0.6) is 0 Å². The first-order valence-corrected chi connectivity index (χ1v) is 6.19. The van der Waals surface area contributed by atoms with E-state index < -0.39 is 18.0 Å². The quantitative estimate of drug-likeness (QED) is 0.861. The molecule has 0 aromatic heterocycles. The Labute approximate surface area is 106 Å². The summed E-state index contributed by atoms with van der Waals surface area (Å²) in [7, 11) is 0. The van der Waals surface area contributed by atoms with Crippen LogP contribution in [0, 0.1) is 5.82 Å². The van der Waals surface area contributed by atoms with Gasteiger partial charge in [-0.2, -0.15) is 0 Å². The fraction of sp³-hybridized carbons (Fsp3) is 0.455. The van der Waals surface area contributed by atoms with Crippen molar-refractivity contribution in [2.24, 2.45) is 0 Å². The summed E-state index contributed by atoms with van der Waals surface area (Å²) in [5, 5.41) is 9.87. The first kappa shape index (κ1) is 12.3. The molecule has 1 fully saturated rings. The number of halogens is 3. The molecule has 1 N–H and O–H groups in total. The van der Waals surface area contributed by atoms with E-state index in [2.05, 4.69) is 15.9 Å². The van der Waals surface area contributed by atoms with Crippen molar-refractivity contribution < 1.29 is 14.2 Å². The molecule has 1 heterocycles. The molecule has 1 saturated heterocycles. The highest BCUT2D eigenvalue weighted by Crippen LogP contribution is 2.36. The Bertz CT molecular complexity index is 377. The standard InChI is InChI=1S/C11H11BrClFO2/c12-8-3-6(13)4-9(14)11(8)10-5-7(15)1-2-16-10/h3-4,7,10,15H,1-2,5H2. The molecule has 2 rings (SSSR count). The third kappa shape index (κ3) is 2.56. The van der Waals surface area contributed by atoms with E-state index in [0.717, 1.165) is 0 Å². The van der Waals surface area contributed by atoms with E-state index in [-0.39, 0.29) is 0 Å². The molecule has 0 saturated carbocycles. The van der Waals surface area contributed by atoms with Crippen LogP contribution in [0.2, 0.25) is 5.02 Å². The van der Waals surface area contributed by atoms with Gasteiger partial charge in [0.1, 0.15) is 5.82 Å². The summed E-state index contributed by atoms with van der Waals surface area (Å²) in [6.07, 6.45) is 0.177. The maximum atomic E-state index is 13.7. The van der Waals surface area contributed by atoms with E-state index in [1.165, 1.54) is 6.07 Å². The van der Waals surface area contributed by atoms with Crippen LogP contribution in [0.3, 0.4) is 0 Å². The maximum absolute atomic E-state index is 13.7. The molecule has 0 radical (unpaired) electrons. The summed E-state index contributed by atoms with van der Waals surface area (Å²) in [5.41, 5.74) is 0.433. The molecule has 1 aliphatic heterocycles. The van der Waals surface area contributed by atoms with Gasteiger partial charge < -0.3 is 9.84 Å². The number of hydrogen-bond acceptors (Lipinski definition) is 2. The van der Waals surface area contributed by atoms with Crippen molar-refractivity contribution in [2.75, 3.05) is 6.61 Å². The number of ether oxygens (including phenoxy) is 1. The molecule has 0 amide bonds. The second-order valence-electron chi connectivity index (χ2n) is 3.82. The Morgan fingerprint density at radius 2 is 2.25 bits per heavy atom. The second-order valence-corrected chi connectivity index (χ2v) is 5.11. The van der Waals surface area contributed by atoms with Crippen LogP contribution < -0.4 is 0 Å². The average molecular weight is 310 g/mol. The molecule has 1 aromatic rings. The molecule has 16 heavy (non-hydrogen) atoms. The summed E-state index contributed by atoms with van der Waals surface area (Å²) >= 11 is 9.00. The van der Waals surface area contributed by atoms with E-state index in [1.54, 1.807) is 6.07 Å². The van der Waals surface area contributed by atoms with E-state index in [4.69, 9.17) is 16.3 Å². The minimum atomic E-state index is -0.430. The van der Waals surface area contributed by atoms with Crippen molar-refractivity contribution in [1.29, 1.82) is 0 Å². The van der Waals surface area contributed by atoms with Crippen LogP contribution in [-0.2, 0) is 4.74 Å². The number of aliphatic hydroxyl groups excluding tert-OH is 1. The predicted octanol–water partition coefficient (Wildman–Crippen LogP) is 3.45. The van der Waals surface area contributed by atoms with Gasteiger partial charge in [0.05, 0.1) is 12.2 Å². The molecule has 0 bridgehead atoms. The maximum Gasteiger partial charge on any atom is 0.131 e. The van der Waals surface area contributed by atoms with Crippen molar-refractivity contribution in [3.63, 3.8) is 0 Å². The highest BCUT2D eigenvalue weighted by atomic mass is 79.9. The molecule has 2 atom stereocenters. The summed E-state index contributed by atoms with van der Waals surface area (Å²) in [5.74, 6) is -0.404. The monoisotopic (exact) mass is 308 g/mol. The lowest BCUT2D eigenvalue weighted by molar-refractivity contribution is -0.0464. The minimum Gasteiger partial charge on any atom is -0.393 e. The zero-order valence-corrected chi connectivity index (χ0v) is 10.8. The zero-order valence-electron chi connectivity index (χ0n) is 8.42. The largest absolute Gasteiger partial charge is 0.393 e. The van der Waals surface area contributed by atoms with E-state index >= 15 is 0 Å². The Morgan fingerprint density at radius 1 is 1.50 bits per heavy atom. The van der Waals surface area contributed by atoms with Gasteiger partial charge in [0.2, 0.25) is 0 Å². The first-order chi connectivity index (χ1) is 7.58. The molecular weight excluding hydrogens is 298 g/mol. The third-order valence-corrected chi connectivity index (χ3v) is 3.50. The fourth-order valence-electron chi connectivity index (χ4n) is 1.84. The van der Waals surface area contributed by atoms with Gasteiger partial charge in [0.15, 0.2) is 0 Å². The smallest absolute Gasteiger partial charge is 0.131 e. The SMILES string of the molecule is OC1CCOC(c2c(F)cc(Cl)cc2Br)C1. The van der Waals surface area contributed by atoms with E-state index in [9.17, 15) is 9.50 Å². The third-order valence-electron chi connectivity index (χ3n) is 2.62. The van der Waals surface area contributed by atoms with Gasteiger partial charge in [0, 0.05) is 28.1 Å². The number of aliphatic hydroxyl groups is 1. The van der Waals surface area contributed by atoms with Gasteiger partial charge in [0.25, 0.3) is 0 Å². The van der Waals surface area contributed by atoms with Crippen LogP contribution in [0.1, 0.15) is 24.5 Å². The van der Waals surface area contributed by atoms with Crippen LogP contribution in [-0.4, -0.2) is 17.8 Å². The fourth-order valence-corrected chi connectivity index (χ4v) is 2.87. The Morgan fingerprint density at radius 3 is 2.88 bits per heavy atom. The molecule has 1 aromatic carbocycles. The van der Waals surface area contributed by atoms with Gasteiger partial charge >= 0.3 is 0 Å². The van der Waals surface area contributed by atoms with Crippen LogP contribution in [0.25, 0.3) is 0 Å². The highest BCUT2D eigenvalue weighted by molar-refractivity contribution is 9.10. The Hall–Kier alpha value is -0.160. The minimum absolute atomic E-state index is 0.337. The van der Waals surface area contributed by atoms with Crippen molar-refractivity contribution >= 4 is 27.5 Å².